The van der Waals surface area contributed by atoms with Gasteiger partial charge in [-0.15, -0.1) is 0 Å². The summed E-state index contributed by atoms with van der Waals surface area (Å²) < 4.78 is 5.15. The van der Waals surface area contributed by atoms with E-state index in [0.717, 1.165) is 10.8 Å². The van der Waals surface area contributed by atoms with Gasteiger partial charge in [0, 0.05) is 0 Å². The molecule has 2 atom stereocenters. The van der Waals surface area contributed by atoms with Crippen LogP contribution in [0.25, 0.3) is 10.8 Å². The first-order valence-electron chi connectivity index (χ1n) is 7.56. The van der Waals surface area contributed by atoms with E-state index in [0.29, 0.717) is 5.56 Å². The molecule has 0 radical (unpaired) electrons. The van der Waals surface area contributed by atoms with Gasteiger partial charge in [-0.05, 0) is 43.2 Å². The maximum absolute atomic E-state index is 12.0. The molecule has 0 fully saturated rings. The monoisotopic (exact) mass is 331 g/mol. The number of carbonyl (C=O) groups is 2. The minimum Gasteiger partial charge on any atom is -0.479 e. The van der Waals surface area contributed by atoms with E-state index in [-0.39, 0.29) is 0 Å². The Morgan fingerprint density at radius 1 is 1.08 bits per heavy atom. The Morgan fingerprint density at radius 3 is 2.29 bits per heavy atom. The normalized spacial score (nSPS) is 14.0. The van der Waals surface area contributed by atoms with Crippen molar-refractivity contribution >= 4 is 22.8 Å². The average Bonchev–Trinajstić information content (AvgIpc) is 2.49. The molecule has 3 N–H and O–H groups in total. The van der Waals surface area contributed by atoms with Gasteiger partial charge in [0.05, 0.1) is 6.04 Å². The number of ether oxygens (including phenoxy) is 1. The highest BCUT2D eigenvalue weighted by molar-refractivity contribution is 5.84. The highest BCUT2D eigenvalue weighted by Crippen LogP contribution is 2.23. The minimum atomic E-state index is -1.79. The molecule has 0 heterocycles. The van der Waals surface area contributed by atoms with Crippen LogP contribution in [0.2, 0.25) is 0 Å². The van der Waals surface area contributed by atoms with Crippen LogP contribution in [-0.2, 0) is 9.53 Å². The Hall–Kier alpha value is -2.60. The lowest BCUT2D eigenvalue weighted by Gasteiger charge is -2.25. The number of hydrogen-bond acceptors (Lipinski definition) is 4. The van der Waals surface area contributed by atoms with Gasteiger partial charge >= 0.3 is 12.1 Å². The van der Waals surface area contributed by atoms with E-state index in [1.165, 1.54) is 0 Å². The zero-order valence-electron chi connectivity index (χ0n) is 13.8. The Balaban J connectivity index is 2.34. The Labute approximate surface area is 140 Å². The molecule has 6 nitrogen and oxygen atoms in total. The van der Waals surface area contributed by atoms with E-state index >= 15 is 0 Å². The molecule has 2 aromatic rings. The standard InChI is InChI=1S/C18H21NO5/c1-18(2,3)24-17(23)19-14(15(20)16(21)22)13-9-8-11-6-4-5-7-12(11)10-13/h4-10,14-15,20H,1-3H3,(H,19,23)(H,21,22)/t14-,15-/m1/s1. The number of aliphatic carboxylic acids is 1. The largest absolute Gasteiger partial charge is 0.479 e. The third kappa shape index (κ3) is 4.45. The van der Waals surface area contributed by atoms with Crippen LogP contribution in [0.15, 0.2) is 42.5 Å². The topological polar surface area (TPSA) is 95.9 Å². The van der Waals surface area contributed by atoms with Crippen molar-refractivity contribution in [3.63, 3.8) is 0 Å². The van der Waals surface area contributed by atoms with Crippen molar-refractivity contribution in [2.75, 3.05) is 0 Å². The lowest BCUT2D eigenvalue weighted by Crippen LogP contribution is -2.42. The molecule has 0 saturated heterocycles. The summed E-state index contributed by atoms with van der Waals surface area (Å²) in [6.07, 6.45) is -2.58. The molecule has 1 amide bonds. The summed E-state index contributed by atoms with van der Waals surface area (Å²) in [5, 5.41) is 23.4. The van der Waals surface area contributed by atoms with Crippen LogP contribution >= 0.6 is 0 Å². The maximum Gasteiger partial charge on any atom is 0.408 e. The summed E-state index contributed by atoms with van der Waals surface area (Å²) in [5.74, 6) is -1.43. The van der Waals surface area contributed by atoms with E-state index in [4.69, 9.17) is 9.84 Å². The predicted molar refractivity (Wildman–Crippen MR) is 89.7 cm³/mol. The van der Waals surface area contributed by atoms with Gasteiger partial charge in [0.15, 0.2) is 6.10 Å². The molecular weight excluding hydrogens is 310 g/mol. The number of nitrogens with one attached hydrogen (secondary N) is 1. The maximum atomic E-state index is 12.0. The second-order valence-corrected chi connectivity index (χ2v) is 6.51. The summed E-state index contributed by atoms with van der Waals surface area (Å²) in [4.78, 5) is 23.2. The van der Waals surface area contributed by atoms with Crippen LogP contribution in [0.3, 0.4) is 0 Å². The van der Waals surface area contributed by atoms with Crippen molar-refractivity contribution in [3.05, 3.63) is 48.0 Å². The molecule has 128 valence electrons. The van der Waals surface area contributed by atoms with Crippen molar-refractivity contribution in [3.8, 4) is 0 Å². The number of amides is 1. The number of fused-ring (bicyclic) bond motifs is 1. The fraction of sp³-hybridized carbons (Fsp3) is 0.333. The van der Waals surface area contributed by atoms with Crippen molar-refractivity contribution in [1.29, 1.82) is 0 Å². The lowest BCUT2D eigenvalue weighted by atomic mass is 9.98. The number of aliphatic hydroxyl groups is 1. The number of aliphatic hydroxyl groups excluding tert-OH is 1. The zero-order valence-corrected chi connectivity index (χ0v) is 13.8. The van der Waals surface area contributed by atoms with E-state index < -0.39 is 29.8 Å². The average molecular weight is 331 g/mol. The highest BCUT2D eigenvalue weighted by Gasteiger charge is 2.30. The molecule has 0 aliphatic carbocycles. The van der Waals surface area contributed by atoms with Crippen molar-refractivity contribution < 1.29 is 24.5 Å². The fourth-order valence-electron chi connectivity index (χ4n) is 2.32. The second kappa shape index (κ2) is 6.88. The summed E-state index contributed by atoms with van der Waals surface area (Å²) in [6, 6.07) is 11.6. The smallest absolute Gasteiger partial charge is 0.408 e. The van der Waals surface area contributed by atoms with E-state index in [2.05, 4.69) is 5.32 Å². The van der Waals surface area contributed by atoms with Gasteiger partial charge < -0.3 is 20.3 Å². The molecule has 0 unspecified atom stereocenters. The number of carboxylic acid groups (broad SMARTS) is 1. The highest BCUT2D eigenvalue weighted by atomic mass is 16.6. The first-order chi connectivity index (χ1) is 11.2. The summed E-state index contributed by atoms with van der Waals surface area (Å²) in [7, 11) is 0. The third-order valence-corrected chi connectivity index (χ3v) is 3.37. The van der Waals surface area contributed by atoms with Gasteiger partial charge in [-0.1, -0.05) is 36.4 Å². The van der Waals surface area contributed by atoms with Gasteiger partial charge in [0.25, 0.3) is 0 Å². The summed E-state index contributed by atoms with van der Waals surface area (Å²) in [6.45, 7) is 5.10. The zero-order chi connectivity index (χ0) is 17.9. The predicted octanol–water partition coefficient (Wildman–Crippen LogP) is 2.85. The van der Waals surface area contributed by atoms with Gasteiger partial charge in [0.1, 0.15) is 5.60 Å². The SMILES string of the molecule is CC(C)(C)OC(=O)N[C@H](c1ccc2ccccc2c1)[C@@H](O)C(=O)O. The van der Waals surface area contributed by atoms with Crippen LogP contribution in [0, 0.1) is 0 Å². The van der Waals surface area contributed by atoms with Crippen LogP contribution < -0.4 is 5.32 Å². The molecule has 0 aliphatic rings. The van der Waals surface area contributed by atoms with Crippen molar-refractivity contribution in [2.45, 2.75) is 38.5 Å². The molecule has 2 aromatic carbocycles. The number of carbonyl (C=O) groups excluding carboxylic acids is 1. The first kappa shape index (κ1) is 17.7. The Kier molecular flexibility index (Phi) is 5.09. The molecular formula is C18H21NO5. The number of alkyl carbamates (subject to hydrolysis) is 1. The quantitative estimate of drug-likeness (QED) is 0.800. The van der Waals surface area contributed by atoms with E-state index in [9.17, 15) is 14.7 Å². The van der Waals surface area contributed by atoms with Gasteiger partial charge in [0.2, 0.25) is 0 Å². The number of carboxylic acids is 1. The van der Waals surface area contributed by atoms with Crippen LogP contribution in [0.1, 0.15) is 32.4 Å². The van der Waals surface area contributed by atoms with Gasteiger partial charge in [-0.3, -0.25) is 0 Å². The van der Waals surface area contributed by atoms with Crippen LogP contribution in [0.4, 0.5) is 4.79 Å². The Bertz CT molecular complexity index is 750. The summed E-state index contributed by atoms with van der Waals surface area (Å²) >= 11 is 0. The van der Waals surface area contributed by atoms with E-state index in [1.54, 1.807) is 32.9 Å². The van der Waals surface area contributed by atoms with Crippen molar-refractivity contribution in [2.24, 2.45) is 0 Å². The number of hydrogen-bond donors (Lipinski definition) is 3. The molecule has 0 aromatic heterocycles. The van der Waals surface area contributed by atoms with E-state index in [1.807, 2.05) is 30.3 Å². The first-order valence-corrected chi connectivity index (χ1v) is 7.56. The molecule has 2 rings (SSSR count). The molecule has 0 spiro atoms. The second-order valence-electron chi connectivity index (χ2n) is 6.51. The molecule has 6 heteroatoms. The molecule has 0 bridgehead atoms. The number of rotatable bonds is 4. The fourth-order valence-corrected chi connectivity index (χ4v) is 2.32. The molecule has 24 heavy (non-hydrogen) atoms. The summed E-state index contributed by atoms with van der Waals surface area (Å²) in [5.41, 5.74) is -0.249. The third-order valence-electron chi connectivity index (χ3n) is 3.37. The minimum absolute atomic E-state index is 0.481. The Morgan fingerprint density at radius 2 is 1.71 bits per heavy atom. The van der Waals surface area contributed by atoms with Crippen molar-refractivity contribution in [1.82, 2.24) is 5.32 Å². The molecule has 0 saturated carbocycles. The molecule has 0 aliphatic heterocycles. The van der Waals surface area contributed by atoms with Crippen LogP contribution in [0.5, 0.6) is 0 Å². The lowest BCUT2D eigenvalue weighted by molar-refractivity contribution is -0.148. The van der Waals surface area contributed by atoms with Crippen LogP contribution in [-0.4, -0.2) is 34.0 Å². The van der Waals surface area contributed by atoms with Gasteiger partial charge in [-0.25, -0.2) is 9.59 Å². The van der Waals surface area contributed by atoms with Gasteiger partial charge in [-0.2, -0.15) is 0 Å². The number of benzene rings is 2.